The zero-order chi connectivity index (χ0) is 10.3. The van der Waals surface area contributed by atoms with E-state index in [2.05, 4.69) is 18.2 Å². The van der Waals surface area contributed by atoms with Crippen molar-refractivity contribution in [1.29, 1.82) is 0 Å². The molecule has 16 heavy (non-hydrogen) atoms. The predicted molar refractivity (Wildman–Crippen MR) is 63.1 cm³/mol. The summed E-state index contributed by atoms with van der Waals surface area (Å²) in [6.07, 6.45) is 4.11. The lowest BCUT2D eigenvalue weighted by molar-refractivity contribution is 0.685. The molecule has 0 radical (unpaired) electrons. The first-order valence-electron chi connectivity index (χ1n) is 6.54. The molecule has 1 aromatic carbocycles. The summed E-state index contributed by atoms with van der Waals surface area (Å²) in [5.74, 6) is 4.11. The second kappa shape index (κ2) is 2.42. The number of hydrogen-bond acceptors (Lipinski definition) is 0. The summed E-state index contributed by atoms with van der Waals surface area (Å²) >= 11 is 0. The molecule has 0 aromatic heterocycles. The summed E-state index contributed by atoms with van der Waals surface area (Å²) in [5, 5.41) is 1.54. The van der Waals surface area contributed by atoms with Crippen molar-refractivity contribution in [2.24, 2.45) is 23.7 Å². The Labute approximate surface area is 94.5 Å². The fourth-order valence-electron chi connectivity index (χ4n) is 4.62. The van der Waals surface area contributed by atoms with Gasteiger partial charge in [0, 0.05) is 6.07 Å². The van der Waals surface area contributed by atoms with Gasteiger partial charge in [-0.15, -0.1) is 0 Å². The Balaban J connectivity index is 1.79. The maximum absolute atomic E-state index is 5.58. The molecule has 4 fully saturated rings. The minimum Gasteiger partial charge on any atom is -0.254 e. The molecule has 2 atom stereocenters. The van der Waals surface area contributed by atoms with Gasteiger partial charge in [-0.05, 0) is 53.9 Å². The fraction of sp³-hybridized carbons (Fsp3) is 0.533. The van der Waals surface area contributed by atoms with Crippen LogP contribution in [-0.2, 0) is 6.42 Å². The van der Waals surface area contributed by atoms with Gasteiger partial charge in [-0.3, -0.25) is 4.42 Å². The van der Waals surface area contributed by atoms with Crippen molar-refractivity contribution in [3.05, 3.63) is 38.8 Å². The van der Waals surface area contributed by atoms with E-state index in [4.69, 9.17) is 4.42 Å². The smallest absolute Gasteiger partial charge is 0.254 e. The summed E-state index contributed by atoms with van der Waals surface area (Å²) in [5.41, 5.74) is 4.37. The zero-order valence-electron chi connectivity index (χ0n) is 9.28. The average molecular weight is 211 g/mol. The maximum Gasteiger partial charge on any atom is 0.347 e. The Morgan fingerprint density at radius 1 is 1.12 bits per heavy atom. The molecule has 4 aliphatic carbocycles. The van der Waals surface area contributed by atoms with Crippen LogP contribution in [-0.4, -0.2) is 6.61 Å². The SMILES string of the molecule is c1c/c(=C2/C3CC4C(C3)C24)cc2c1=[O+]CC2. The lowest BCUT2D eigenvalue weighted by atomic mass is 10.0. The van der Waals surface area contributed by atoms with E-state index < -0.39 is 0 Å². The monoisotopic (exact) mass is 211 g/mol. The molecule has 1 aliphatic heterocycles. The largest absolute Gasteiger partial charge is 0.347 e. The number of hydrogen-bond donors (Lipinski definition) is 0. The van der Waals surface area contributed by atoms with Crippen molar-refractivity contribution < 1.29 is 0 Å². The van der Waals surface area contributed by atoms with E-state index in [1.165, 1.54) is 18.4 Å². The van der Waals surface area contributed by atoms with Crippen molar-refractivity contribution >= 4 is 5.57 Å². The Hall–Kier alpha value is -1.11. The molecule has 1 nitrogen and oxygen atoms in total. The van der Waals surface area contributed by atoms with Gasteiger partial charge in [0.25, 0.3) is 6.61 Å². The average Bonchev–Trinajstić information content (AvgIpc) is 2.87. The third-order valence-electron chi connectivity index (χ3n) is 5.27. The Morgan fingerprint density at radius 3 is 2.75 bits per heavy atom. The minimum absolute atomic E-state index is 0.881. The van der Waals surface area contributed by atoms with Gasteiger partial charge in [0.1, 0.15) is 0 Å². The van der Waals surface area contributed by atoms with E-state index in [1.54, 1.807) is 5.22 Å². The van der Waals surface area contributed by atoms with Crippen LogP contribution in [0.1, 0.15) is 18.4 Å². The molecular formula is C15H15O+. The third kappa shape index (κ3) is 0.795. The number of fused-ring (bicyclic) bond motifs is 1. The summed E-state index contributed by atoms with van der Waals surface area (Å²) in [6.45, 7) is 0.881. The van der Waals surface area contributed by atoms with Gasteiger partial charge >= 0.3 is 5.43 Å². The molecule has 0 N–H and O–H groups in total. The molecule has 1 aromatic rings. The Kier molecular flexibility index (Phi) is 1.22. The second-order valence-corrected chi connectivity index (χ2v) is 5.90. The van der Waals surface area contributed by atoms with Crippen molar-refractivity contribution in [3.8, 4) is 0 Å². The van der Waals surface area contributed by atoms with Crippen LogP contribution in [0.5, 0.6) is 0 Å². The van der Waals surface area contributed by atoms with Gasteiger partial charge in [-0.2, -0.15) is 0 Å². The molecule has 5 aliphatic rings. The quantitative estimate of drug-likeness (QED) is 0.573. The highest BCUT2D eigenvalue weighted by molar-refractivity contribution is 5.63. The molecule has 80 valence electrons. The zero-order valence-corrected chi connectivity index (χ0v) is 9.28. The Morgan fingerprint density at radius 2 is 2.00 bits per heavy atom. The van der Waals surface area contributed by atoms with E-state index in [0.717, 1.165) is 42.1 Å². The van der Waals surface area contributed by atoms with E-state index in [-0.39, 0.29) is 0 Å². The van der Waals surface area contributed by atoms with Crippen LogP contribution < -0.4 is 10.6 Å². The molecule has 6 rings (SSSR count). The molecule has 0 saturated heterocycles. The van der Waals surface area contributed by atoms with Crippen molar-refractivity contribution in [3.63, 3.8) is 0 Å². The van der Waals surface area contributed by atoms with Crippen molar-refractivity contribution in [2.75, 3.05) is 6.61 Å². The normalized spacial score (nSPS) is 44.5. The molecule has 2 unspecified atom stereocenters. The van der Waals surface area contributed by atoms with Gasteiger partial charge in [-0.25, -0.2) is 0 Å². The van der Waals surface area contributed by atoms with E-state index >= 15 is 0 Å². The first kappa shape index (κ1) is 8.05. The molecular weight excluding hydrogens is 196 g/mol. The summed E-state index contributed by atoms with van der Waals surface area (Å²) in [6, 6.07) is 6.90. The summed E-state index contributed by atoms with van der Waals surface area (Å²) < 4.78 is 5.58. The van der Waals surface area contributed by atoms with Crippen LogP contribution >= 0.6 is 0 Å². The highest BCUT2D eigenvalue weighted by atomic mass is 16.4. The second-order valence-electron chi connectivity index (χ2n) is 5.90. The highest BCUT2D eigenvalue weighted by Crippen LogP contribution is 2.73. The number of rotatable bonds is 0. The van der Waals surface area contributed by atoms with Gasteiger partial charge in [0.15, 0.2) is 0 Å². The first-order chi connectivity index (χ1) is 7.92. The standard InChI is InChI=1S/C15H15O/c1-2-13-8(3-4-16-13)5-9(1)14-10-6-11-12(7-10)15(11)14/h1-2,5,10-12,15H,3-4,6-7H2/q+1/b14-9+. The van der Waals surface area contributed by atoms with Crippen molar-refractivity contribution in [1.82, 2.24) is 0 Å². The lowest BCUT2D eigenvalue weighted by Gasteiger charge is -2.03. The minimum atomic E-state index is 0.881. The molecule has 4 bridgehead atoms. The van der Waals surface area contributed by atoms with Crippen molar-refractivity contribution in [2.45, 2.75) is 19.3 Å². The first-order valence-corrected chi connectivity index (χ1v) is 6.54. The summed E-state index contributed by atoms with van der Waals surface area (Å²) in [7, 11) is 0. The lowest BCUT2D eigenvalue weighted by Crippen LogP contribution is -2.15. The van der Waals surface area contributed by atoms with E-state index in [1.807, 2.05) is 5.57 Å². The van der Waals surface area contributed by atoms with Gasteiger partial charge in [-0.1, -0.05) is 5.57 Å². The van der Waals surface area contributed by atoms with E-state index in [9.17, 15) is 0 Å². The highest BCUT2D eigenvalue weighted by Gasteiger charge is 2.65. The molecule has 1 heteroatoms. The molecule has 4 saturated carbocycles. The molecule has 0 spiro atoms. The maximum atomic E-state index is 5.58. The van der Waals surface area contributed by atoms with Crippen LogP contribution in [0.3, 0.4) is 0 Å². The third-order valence-corrected chi connectivity index (χ3v) is 5.27. The molecule has 1 heterocycles. The van der Waals surface area contributed by atoms with Crippen LogP contribution in [0.15, 0.2) is 22.6 Å². The molecule has 0 amide bonds. The van der Waals surface area contributed by atoms with Crippen LogP contribution in [0.4, 0.5) is 0 Å². The van der Waals surface area contributed by atoms with Gasteiger partial charge in [0.2, 0.25) is 0 Å². The van der Waals surface area contributed by atoms with Gasteiger partial charge < -0.3 is 0 Å². The fourth-order valence-corrected chi connectivity index (χ4v) is 4.62. The topological polar surface area (TPSA) is 11.3 Å². The van der Waals surface area contributed by atoms with Crippen LogP contribution in [0, 0.1) is 23.7 Å². The predicted octanol–water partition coefficient (Wildman–Crippen LogP) is 1.29. The van der Waals surface area contributed by atoms with Gasteiger partial charge in [0.05, 0.1) is 12.0 Å². The summed E-state index contributed by atoms with van der Waals surface area (Å²) in [4.78, 5) is 0. The van der Waals surface area contributed by atoms with Crippen LogP contribution in [0.25, 0.3) is 5.57 Å². The van der Waals surface area contributed by atoms with Crippen LogP contribution in [0.2, 0.25) is 0 Å². The Bertz CT molecular complexity index is 597. The van der Waals surface area contributed by atoms with E-state index in [0.29, 0.717) is 0 Å². The number of benzene rings is 1.